The van der Waals surface area contributed by atoms with Crippen LogP contribution in [0.5, 0.6) is 0 Å². The Morgan fingerprint density at radius 1 is 1.32 bits per heavy atom. The Morgan fingerprint density at radius 2 is 2.16 bits per heavy atom. The number of benzene rings is 1. The zero-order valence-corrected chi connectivity index (χ0v) is 11.6. The van der Waals surface area contributed by atoms with E-state index in [-0.39, 0.29) is 0 Å². The minimum Gasteiger partial charge on any atom is -0.340 e. The number of fused-ring (bicyclic) bond motifs is 1. The molecule has 1 aliphatic heterocycles. The molecule has 0 spiro atoms. The fourth-order valence-corrected chi connectivity index (χ4v) is 3.41. The molecule has 0 unspecified atom stereocenters. The lowest BCUT2D eigenvalue weighted by Crippen LogP contribution is -2.00. The molecule has 3 nitrogen and oxygen atoms in total. The molecule has 0 bridgehead atoms. The van der Waals surface area contributed by atoms with Crippen molar-refractivity contribution in [3.63, 3.8) is 0 Å². The number of pyridine rings is 1. The Bertz CT molecular complexity index is 679. The van der Waals surface area contributed by atoms with Crippen LogP contribution in [0.2, 0.25) is 5.02 Å². The first-order valence-corrected chi connectivity index (χ1v) is 7.32. The molecule has 1 aliphatic rings. The summed E-state index contributed by atoms with van der Waals surface area (Å²) >= 11 is 7.77. The van der Waals surface area contributed by atoms with Crippen molar-refractivity contribution >= 4 is 34.9 Å². The summed E-state index contributed by atoms with van der Waals surface area (Å²) in [6.45, 7) is 0. The third kappa shape index (κ3) is 2.40. The Labute approximate surface area is 120 Å². The second-order valence-corrected chi connectivity index (χ2v) is 5.64. The molecule has 0 amide bonds. The summed E-state index contributed by atoms with van der Waals surface area (Å²) in [6, 6.07) is 9.73. The van der Waals surface area contributed by atoms with E-state index in [4.69, 9.17) is 16.9 Å². The lowest BCUT2D eigenvalue weighted by molar-refractivity contribution is 1.19. The maximum atomic E-state index is 9.08. The molecule has 0 radical (unpaired) electrons. The molecule has 0 fully saturated rings. The molecule has 19 heavy (non-hydrogen) atoms. The van der Waals surface area contributed by atoms with Gasteiger partial charge in [-0.2, -0.15) is 17.0 Å². The molecule has 94 valence electrons. The average molecular weight is 288 g/mol. The number of nitrogens with one attached hydrogen (secondary N) is 1. The smallest absolute Gasteiger partial charge is 0.134 e. The fraction of sp³-hybridized carbons (Fsp3) is 0.143. The summed E-state index contributed by atoms with van der Waals surface area (Å²) < 4.78 is 0. The minimum atomic E-state index is 0.677. The largest absolute Gasteiger partial charge is 0.340 e. The van der Waals surface area contributed by atoms with Gasteiger partial charge >= 0.3 is 0 Å². The average Bonchev–Trinajstić information content (AvgIpc) is 2.89. The number of hydrogen-bond acceptors (Lipinski definition) is 4. The van der Waals surface area contributed by atoms with E-state index in [1.807, 2.05) is 24.3 Å². The molecule has 1 aromatic heterocycles. The van der Waals surface area contributed by atoms with Crippen LogP contribution in [0.3, 0.4) is 0 Å². The van der Waals surface area contributed by atoms with Crippen molar-refractivity contribution in [2.24, 2.45) is 0 Å². The van der Waals surface area contributed by atoms with Crippen LogP contribution in [0.4, 0.5) is 11.5 Å². The van der Waals surface area contributed by atoms with Crippen molar-refractivity contribution < 1.29 is 0 Å². The second-order valence-electron chi connectivity index (χ2n) is 4.22. The van der Waals surface area contributed by atoms with E-state index in [0.717, 1.165) is 34.1 Å². The molecule has 2 aromatic rings. The monoisotopic (exact) mass is 287 g/mol. The lowest BCUT2D eigenvalue weighted by atomic mass is 10.1. The van der Waals surface area contributed by atoms with E-state index in [1.165, 1.54) is 0 Å². The van der Waals surface area contributed by atoms with Crippen LogP contribution in [0, 0.1) is 11.3 Å². The lowest BCUT2D eigenvalue weighted by Gasteiger charge is -2.10. The van der Waals surface area contributed by atoms with Crippen LogP contribution in [-0.4, -0.2) is 4.98 Å². The molecule has 1 N–H and O–H groups in total. The quantitative estimate of drug-likeness (QED) is 0.903. The highest BCUT2D eigenvalue weighted by Crippen LogP contribution is 2.36. The first-order valence-electron chi connectivity index (χ1n) is 5.79. The summed E-state index contributed by atoms with van der Waals surface area (Å²) in [6.07, 6.45) is 1.64. The van der Waals surface area contributed by atoms with Gasteiger partial charge in [-0.05, 0) is 23.8 Å². The molecule has 0 saturated carbocycles. The number of nitrogens with zero attached hydrogens (tertiary/aromatic N) is 2. The number of nitriles is 1. The molecule has 0 aliphatic carbocycles. The molecular weight excluding hydrogens is 278 g/mol. The van der Waals surface area contributed by atoms with Crippen LogP contribution in [0.25, 0.3) is 0 Å². The van der Waals surface area contributed by atoms with Crippen molar-refractivity contribution in [3.05, 3.63) is 52.2 Å². The number of thioether (sulfide) groups is 1. The summed E-state index contributed by atoms with van der Waals surface area (Å²) in [5.74, 6) is 2.59. The van der Waals surface area contributed by atoms with Gasteiger partial charge in [0.1, 0.15) is 11.9 Å². The first-order chi connectivity index (χ1) is 9.28. The molecule has 0 saturated heterocycles. The van der Waals surface area contributed by atoms with Gasteiger partial charge in [-0.15, -0.1) is 0 Å². The van der Waals surface area contributed by atoms with Crippen LogP contribution in [0.15, 0.2) is 30.5 Å². The van der Waals surface area contributed by atoms with Crippen molar-refractivity contribution in [3.8, 4) is 6.07 Å². The molecule has 3 rings (SSSR count). The molecule has 2 heterocycles. The van der Waals surface area contributed by atoms with E-state index in [9.17, 15) is 0 Å². The molecule has 0 atom stereocenters. The zero-order valence-electron chi connectivity index (χ0n) is 9.98. The predicted molar refractivity (Wildman–Crippen MR) is 78.7 cm³/mol. The van der Waals surface area contributed by atoms with Gasteiger partial charge in [-0.1, -0.05) is 17.7 Å². The number of rotatable bonds is 2. The third-order valence-corrected chi connectivity index (χ3v) is 4.22. The van der Waals surface area contributed by atoms with E-state index in [1.54, 1.807) is 18.0 Å². The SMILES string of the molecule is N#Cc1cnc(Nc2cccc(Cl)c2)c2c1CSC2. The molecular formula is C14H10ClN3S. The summed E-state index contributed by atoms with van der Waals surface area (Å²) in [7, 11) is 0. The van der Waals surface area contributed by atoms with Crippen LogP contribution < -0.4 is 5.32 Å². The van der Waals surface area contributed by atoms with E-state index < -0.39 is 0 Å². The normalized spacial score (nSPS) is 12.8. The summed E-state index contributed by atoms with van der Waals surface area (Å²) in [5.41, 5.74) is 3.82. The van der Waals surface area contributed by atoms with Crippen molar-refractivity contribution in [1.82, 2.24) is 4.98 Å². The van der Waals surface area contributed by atoms with Gasteiger partial charge in [0.15, 0.2) is 0 Å². The van der Waals surface area contributed by atoms with Gasteiger partial charge in [-0.3, -0.25) is 0 Å². The van der Waals surface area contributed by atoms with Crippen molar-refractivity contribution in [1.29, 1.82) is 5.26 Å². The highest BCUT2D eigenvalue weighted by Gasteiger charge is 2.20. The number of aromatic nitrogens is 1. The van der Waals surface area contributed by atoms with Gasteiger partial charge in [0.25, 0.3) is 0 Å². The highest BCUT2D eigenvalue weighted by atomic mass is 35.5. The Kier molecular flexibility index (Phi) is 3.33. The maximum Gasteiger partial charge on any atom is 0.134 e. The number of hydrogen-bond donors (Lipinski definition) is 1. The fourth-order valence-electron chi connectivity index (χ4n) is 2.07. The summed E-state index contributed by atoms with van der Waals surface area (Å²) in [4.78, 5) is 4.36. The van der Waals surface area contributed by atoms with Crippen LogP contribution >= 0.6 is 23.4 Å². The van der Waals surface area contributed by atoms with E-state index in [2.05, 4.69) is 16.4 Å². The van der Waals surface area contributed by atoms with Crippen LogP contribution in [0.1, 0.15) is 16.7 Å². The first kappa shape index (κ1) is 12.3. The maximum absolute atomic E-state index is 9.08. The summed E-state index contributed by atoms with van der Waals surface area (Å²) in [5, 5.41) is 13.0. The molecule has 1 aromatic carbocycles. The zero-order chi connectivity index (χ0) is 13.2. The van der Waals surface area contributed by atoms with E-state index in [0.29, 0.717) is 10.6 Å². The third-order valence-electron chi connectivity index (χ3n) is 3.00. The predicted octanol–water partition coefficient (Wildman–Crippen LogP) is 4.10. The second kappa shape index (κ2) is 5.12. The van der Waals surface area contributed by atoms with Crippen molar-refractivity contribution in [2.45, 2.75) is 11.5 Å². The standard InChI is InChI=1S/C14H10ClN3S/c15-10-2-1-3-11(4-10)18-14-13-8-19-7-12(13)9(5-16)6-17-14/h1-4,6H,7-8H2,(H,17,18). The number of halogens is 1. The van der Waals surface area contributed by atoms with Gasteiger partial charge in [0.05, 0.1) is 5.56 Å². The Hall–Kier alpha value is -1.70. The Balaban J connectivity index is 1.99. The number of anilines is 2. The van der Waals surface area contributed by atoms with Gasteiger partial charge in [0.2, 0.25) is 0 Å². The Morgan fingerprint density at radius 3 is 2.95 bits per heavy atom. The van der Waals surface area contributed by atoms with E-state index >= 15 is 0 Å². The van der Waals surface area contributed by atoms with Gasteiger partial charge in [0, 0.05) is 34.0 Å². The highest BCUT2D eigenvalue weighted by molar-refractivity contribution is 7.98. The topological polar surface area (TPSA) is 48.7 Å². The van der Waals surface area contributed by atoms with Gasteiger partial charge < -0.3 is 5.32 Å². The van der Waals surface area contributed by atoms with Crippen molar-refractivity contribution in [2.75, 3.05) is 5.32 Å². The molecule has 5 heteroatoms. The van der Waals surface area contributed by atoms with Gasteiger partial charge in [-0.25, -0.2) is 4.98 Å². The minimum absolute atomic E-state index is 0.677. The van der Waals surface area contributed by atoms with Crippen LogP contribution in [-0.2, 0) is 11.5 Å².